The summed E-state index contributed by atoms with van der Waals surface area (Å²) in [7, 11) is 0. The molecule has 0 unspecified atom stereocenters. The summed E-state index contributed by atoms with van der Waals surface area (Å²) in [6, 6.07) is 11.2. The van der Waals surface area contributed by atoms with E-state index in [2.05, 4.69) is 15.2 Å². The van der Waals surface area contributed by atoms with Crippen molar-refractivity contribution in [1.82, 2.24) is 4.98 Å². The van der Waals surface area contributed by atoms with Crippen LogP contribution in [0, 0.1) is 5.82 Å². The van der Waals surface area contributed by atoms with Gasteiger partial charge in [-0.1, -0.05) is 6.07 Å². The monoisotopic (exact) mass is 271 g/mol. The van der Waals surface area contributed by atoms with Gasteiger partial charge in [-0.05, 0) is 43.2 Å². The van der Waals surface area contributed by atoms with Crippen LogP contribution >= 0.6 is 0 Å². The quantitative estimate of drug-likeness (QED) is 0.928. The van der Waals surface area contributed by atoms with Crippen LogP contribution in [0.1, 0.15) is 12.8 Å². The maximum atomic E-state index is 13.2. The van der Waals surface area contributed by atoms with Crippen molar-refractivity contribution in [2.75, 3.05) is 23.3 Å². The molecule has 1 saturated heterocycles. The molecule has 0 atom stereocenters. The number of aromatic nitrogens is 1. The molecule has 2 aromatic rings. The fraction of sp³-hybridized carbons (Fsp3) is 0.312. The molecule has 3 rings (SSSR count). The zero-order chi connectivity index (χ0) is 13.8. The second-order valence-electron chi connectivity index (χ2n) is 5.12. The molecule has 1 fully saturated rings. The summed E-state index contributed by atoms with van der Waals surface area (Å²) in [6.07, 6.45) is 5.76. The lowest BCUT2D eigenvalue weighted by atomic mass is 10.0. The van der Waals surface area contributed by atoms with Crippen LogP contribution in [-0.2, 0) is 0 Å². The second-order valence-corrected chi connectivity index (χ2v) is 5.12. The zero-order valence-corrected chi connectivity index (χ0v) is 11.3. The molecule has 104 valence electrons. The van der Waals surface area contributed by atoms with E-state index in [9.17, 15) is 4.39 Å². The maximum absolute atomic E-state index is 13.2. The third-order valence-electron chi connectivity index (χ3n) is 3.72. The van der Waals surface area contributed by atoms with Crippen molar-refractivity contribution in [3.8, 4) is 0 Å². The first-order valence-electron chi connectivity index (χ1n) is 6.98. The van der Waals surface area contributed by atoms with E-state index in [1.165, 1.54) is 11.8 Å². The Morgan fingerprint density at radius 2 is 1.85 bits per heavy atom. The van der Waals surface area contributed by atoms with Crippen LogP contribution in [0.2, 0.25) is 0 Å². The third kappa shape index (κ3) is 3.07. The van der Waals surface area contributed by atoms with Gasteiger partial charge in [0.25, 0.3) is 0 Å². The van der Waals surface area contributed by atoms with E-state index in [1.807, 2.05) is 30.6 Å². The molecule has 0 amide bonds. The largest absolute Gasteiger partial charge is 0.382 e. The van der Waals surface area contributed by atoms with E-state index in [4.69, 9.17) is 0 Å². The minimum Gasteiger partial charge on any atom is -0.382 e. The average Bonchev–Trinajstić information content (AvgIpc) is 2.49. The number of rotatable bonds is 3. The molecule has 0 saturated carbocycles. The normalized spacial score (nSPS) is 16.1. The van der Waals surface area contributed by atoms with E-state index in [0.717, 1.165) is 31.6 Å². The first kappa shape index (κ1) is 12.9. The van der Waals surface area contributed by atoms with Crippen molar-refractivity contribution < 1.29 is 4.39 Å². The van der Waals surface area contributed by atoms with Crippen LogP contribution in [0.5, 0.6) is 0 Å². The smallest absolute Gasteiger partial charge is 0.125 e. The second kappa shape index (κ2) is 5.90. The molecule has 1 N–H and O–H groups in total. The van der Waals surface area contributed by atoms with Gasteiger partial charge in [0.1, 0.15) is 5.82 Å². The molecular weight excluding hydrogens is 253 g/mol. The minimum atomic E-state index is -0.191. The van der Waals surface area contributed by atoms with Gasteiger partial charge in [-0.25, -0.2) is 4.39 Å². The summed E-state index contributed by atoms with van der Waals surface area (Å²) < 4.78 is 13.2. The predicted molar refractivity (Wildman–Crippen MR) is 79.5 cm³/mol. The number of pyridine rings is 1. The Bertz CT molecular complexity index is 551. The van der Waals surface area contributed by atoms with E-state index in [0.29, 0.717) is 6.04 Å². The van der Waals surface area contributed by atoms with Crippen LogP contribution < -0.4 is 10.2 Å². The third-order valence-corrected chi connectivity index (χ3v) is 3.72. The Morgan fingerprint density at radius 3 is 2.55 bits per heavy atom. The summed E-state index contributed by atoms with van der Waals surface area (Å²) in [4.78, 5) is 6.41. The molecule has 1 aliphatic rings. The van der Waals surface area contributed by atoms with Gasteiger partial charge in [0.2, 0.25) is 0 Å². The Hall–Kier alpha value is -2.10. The SMILES string of the molecule is Fc1cccc(NC2CCN(c3ccncc3)CC2)c1. The molecule has 1 aromatic carbocycles. The van der Waals surface area contributed by atoms with Crippen molar-refractivity contribution in [2.45, 2.75) is 18.9 Å². The molecule has 20 heavy (non-hydrogen) atoms. The summed E-state index contributed by atoms with van der Waals surface area (Å²) in [5.74, 6) is -0.191. The number of benzene rings is 1. The van der Waals surface area contributed by atoms with Crippen molar-refractivity contribution in [2.24, 2.45) is 0 Å². The number of halogens is 1. The standard InChI is InChI=1S/C16H18FN3/c17-13-2-1-3-15(12-13)19-14-6-10-20(11-7-14)16-4-8-18-9-5-16/h1-5,8-9,12,14,19H,6-7,10-11H2. The predicted octanol–water partition coefficient (Wildman–Crippen LogP) is 3.30. The van der Waals surface area contributed by atoms with Gasteiger partial charge in [0.05, 0.1) is 0 Å². The summed E-state index contributed by atoms with van der Waals surface area (Å²) in [5, 5.41) is 3.41. The number of nitrogens with zero attached hydrogens (tertiary/aromatic N) is 2. The average molecular weight is 271 g/mol. The molecule has 4 heteroatoms. The fourth-order valence-electron chi connectivity index (χ4n) is 2.65. The molecule has 3 nitrogen and oxygen atoms in total. The molecule has 0 aliphatic carbocycles. The highest BCUT2D eigenvalue weighted by Gasteiger charge is 2.19. The molecule has 0 spiro atoms. The highest BCUT2D eigenvalue weighted by Crippen LogP contribution is 2.21. The van der Waals surface area contributed by atoms with Crippen LogP contribution in [-0.4, -0.2) is 24.1 Å². The van der Waals surface area contributed by atoms with Gasteiger partial charge in [-0.2, -0.15) is 0 Å². The van der Waals surface area contributed by atoms with E-state index >= 15 is 0 Å². The van der Waals surface area contributed by atoms with E-state index < -0.39 is 0 Å². The van der Waals surface area contributed by atoms with Crippen molar-refractivity contribution in [3.63, 3.8) is 0 Å². The van der Waals surface area contributed by atoms with Gasteiger partial charge in [-0.3, -0.25) is 4.98 Å². The number of hydrogen-bond donors (Lipinski definition) is 1. The van der Waals surface area contributed by atoms with E-state index in [1.54, 1.807) is 12.1 Å². The Balaban J connectivity index is 1.56. The number of hydrogen-bond acceptors (Lipinski definition) is 3. The lowest BCUT2D eigenvalue weighted by Gasteiger charge is -2.34. The Morgan fingerprint density at radius 1 is 1.10 bits per heavy atom. The van der Waals surface area contributed by atoms with Crippen molar-refractivity contribution in [1.29, 1.82) is 0 Å². The molecule has 0 bridgehead atoms. The van der Waals surface area contributed by atoms with Crippen LogP contribution in [0.4, 0.5) is 15.8 Å². The molecule has 2 heterocycles. The van der Waals surface area contributed by atoms with Crippen molar-refractivity contribution in [3.05, 3.63) is 54.6 Å². The topological polar surface area (TPSA) is 28.2 Å². The number of nitrogens with one attached hydrogen (secondary N) is 1. The maximum Gasteiger partial charge on any atom is 0.125 e. The number of piperidine rings is 1. The van der Waals surface area contributed by atoms with Crippen molar-refractivity contribution >= 4 is 11.4 Å². The molecule has 1 aromatic heterocycles. The highest BCUT2D eigenvalue weighted by molar-refractivity contribution is 5.47. The molecule has 0 radical (unpaired) electrons. The first-order chi connectivity index (χ1) is 9.81. The zero-order valence-electron chi connectivity index (χ0n) is 11.3. The summed E-state index contributed by atoms with van der Waals surface area (Å²) in [5.41, 5.74) is 2.09. The summed E-state index contributed by atoms with van der Waals surface area (Å²) >= 11 is 0. The number of anilines is 2. The fourth-order valence-corrected chi connectivity index (χ4v) is 2.65. The van der Waals surface area contributed by atoms with Crippen LogP contribution in [0.3, 0.4) is 0 Å². The first-order valence-corrected chi connectivity index (χ1v) is 6.98. The molecular formula is C16H18FN3. The minimum absolute atomic E-state index is 0.191. The lowest BCUT2D eigenvalue weighted by Crippen LogP contribution is -2.39. The van der Waals surface area contributed by atoms with Gasteiger partial charge in [0.15, 0.2) is 0 Å². The van der Waals surface area contributed by atoms with Crippen LogP contribution in [0.15, 0.2) is 48.8 Å². The van der Waals surface area contributed by atoms with Crippen LogP contribution in [0.25, 0.3) is 0 Å². The van der Waals surface area contributed by atoms with Gasteiger partial charge in [-0.15, -0.1) is 0 Å². The van der Waals surface area contributed by atoms with Gasteiger partial charge < -0.3 is 10.2 Å². The summed E-state index contributed by atoms with van der Waals surface area (Å²) in [6.45, 7) is 2.02. The van der Waals surface area contributed by atoms with Gasteiger partial charge in [0, 0.05) is 42.9 Å². The Kier molecular flexibility index (Phi) is 3.81. The molecule has 1 aliphatic heterocycles. The lowest BCUT2D eigenvalue weighted by molar-refractivity contribution is 0.526. The Labute approximate surface area is 118 Å². The highest BCUT2D eigenvalue weighted by atomic mass is 19.1. The van der Waals surface area contributed by atoms with E-state index in [-0.39, 0.29) is 5.82 Å². The van der Waals surface area contributed by atoms with Gasteiger partial charge >= 0.3 is 0 Å².